The zero-order valence-electron chi connectivity index (χ0n) is 17.3. The molecule has 29 heavy (non-hydrogen) atoms. The molecular weight excluding hydrogens is 370 g/mol. The molecule has 0 aliphatic carbocycles. The lowest BCUT2D eigenvalue weighted by atomic mass is 9.94. The molecule has 0 spiro atoms. The van der Waals surface area contributed by atoms with Crippen molar-refractivity contribution in [2.75, 3.05) is 18.8 Å². The van der Waals surface area contributed by atoms with E-state index in [0.717, 1.165) is 29.7 Å². The van der Waals surface area contributed by atoms with Gasteiger partial charge in [-0.2, -0.15) is 14.7 Å². The predicted octanol–water partition coefficient (Wildman–Crippen LogP) is 2.83. The van der Waals surface area contributed by atoms with Crippen LogP contribution in [0, 0.1) is 0 Å². The number of carbonyl (C=O) groups excluding carboxylic acids is 1. The van der Waals surface area contributed by atoms with Gasteiger partial charge in [-0.1, -0.05) is 0 Å². The van der Waals surface area contributed by atoms with E-state index in [4.69, 9.17) is 15.5 Å². The third-order valence-corrected chi connectivity index (χ3v) is 5.03. The quantitative estimate of drug-likeness (QED) is 0.713. The molecule has 0 aromatic carbocycles. The van der Waals surface area contributed by atoms with Gasteiger partial charge in [0.25, 0.3) is 0 Å². The highest BCUT2D eigenvalue weighted by Crippen LogP contribution is 2.30. The number of nitrogen functional groups attached to an aromatic ring is 1. The van der Waals surface area contributed by atoms with Gasteiger partial charge in [-0.3, -0.25) is 4.68 Å². The number of ether oxygens (including phenoxy) is 1. The Hall–Kier alpha value is -3.10. The fraction of sp³-hybridized carbons (Fsp3) is 0.500. The van der Waals surface area contributed by atoms with Crippen LogP contribution in [0.15, 0.2) is 24.7 Å². The van der Waals surface area contributed by atoms with Gasteiger partial charge in [0.05, 0.1) is 18.1 Å². The first-order valence-electron chi connectivity index (χ1n) is 9.82. The van der Waals surface area contributed by atoms with Crippen LogP contribution in [-0.4, -0.2) is 54.1 Å². The van der Waals surface area contributed by atoms with Gasteiger partial charge in [0.15, 0.2) is 5.65 Å². The number of likely N-dealkylation sites (tertiary alicyclic amines) is 1. The summed E-state index contributed by atoms with van der Waals surface area (Å²) in [6, 6.07) is 1.86. The van der Waals surface area contributed by atoms with E-state index in [2.05, 4.69) is 10.2 Å². The highest BCUT2D eigenvalue weighted by Gasteiger charge is 2.29. The summed E-state index contributed by atoms with van der Waals surface area (Å²) in [5.41, 5.74) is 9.14. The largest absolute Gasteiger partial charge is 0.444 e. The van der Waals surface area contributed by atoms with Crippen molar-refractivity contribution in [2.24, 2.45) is 7.05 Å². The van der Waals surface area contributed by atoms with Crippen molar-refractivity contribution in [2.45, 2.75) is 45.1 Å². The number of rotatable bonds is 2. The normalized spacial score (nSPS) is 17.7. The van der Waals surface area contributed by atoms with Crippen molar-refractivity contribution < 1.29 is 9.53 Å². The molecule has 1 saturated heterocycles. The number of aromatic nitrogens is 5. The summed E-state index contributed by atoms with van der Waals surface area (Å²) in [6.07, 6.45) is 7.02. The lowest BCUT2D eigenvalue weighted by Crippen LogP contribution is -2.42. The maximum absolute atomic E-state index is 12.5. The molecule has 9 heteroatoms. The molecule has 1 aliphatic heterocycles. The van der Waals surface area contributed by atoms with Crippen LogP contribution in [0.5, 0.6) is 0 Å². The monoisotopic (exact) mass is 397 g/mol. The summed E-state index contributed by atoms with van der Waals surface area (Å²) < 4.78 is 8.92. The number of carbonyl (C=O) groups is 1. The van der Waals surface area contributed by atoms with Gasteiger partial charge in [-0.15, -0.1) is 0 Å². The van der Waals surface area contributed by atoms with E-state index in [1.807, 2.05) is 40.1 Å². The number of piperidine rings is 1. The summed E-state index contributed by atoms with van der Waals surface area (Å²) in [6.45, 7) is 6.89. The van der Waals surface area contributed by atoms with Gasteiger partial charge in [0.1, 0.15) is 11.4 Å². The maximum Gasteiger partial charge on any atom is 0.410 e. The zero-order chi connectivity index (χ0) is 20.8. The van der Waals surface area contributed by atoms with Gasteiger partial charge in [-0.25, -0.2) is 9.78 Å². The van der Waals surface area contributed by atoms with Gasteiger partial charge in [-0.05, 0) is 33.6 Å². The minimum Gasteiger partial charge on any atom is -0.444 e. The second kappa shape index (κ2) is 7.06. The first-order chi connectivity index (χ1) is 13.7. The Morgan fingerprint density at radius 3 is 2.76 bits per heavy atom. The Balaban J connectivity index is 1.64. The second-order valence-corrected chi connectivity index (χ2v) is 8.57. The molecule has 1 aliphatic rings. The summed E-state index contributed by atoms with van der Waals surface area (Å²) >= 11 is 0. The van der Waals surface area contributed by atoms with E-state index in [0.29, 0.717) is 24.6 Å². The molecule has 1 amide bonds. The molecule has 4 rings (SSSR count). The van der Waals surface area contributed by atoms with E-state index >= 15 is 0 Å². The Morgan fingerprint density at radius 1 is 1.28 bits per heavy atom. The molecule has 1 atom stereocenters. The van der Waals surface area contributed by atoms with Crippen LogP contribution in [0.3, 0.4) is 0 Å². The lowest BCUT2D eigenvalue weighted by molar-refractivity contribution is 0.0197. The van der Waals surface area contributed by atoms with Crippen LogP contribution in [-0.2, 0) is 11.8 Å². The molecule has 0 radical (unpaired) electrons. The van der Waals surface area contributed by atoms with Crippen LogP contribution in [0.25, 0.3) is 16.8 Å². The Labute approximate surface area is 169 Å². The number of nitrogens with two attached hydrogens (primary N) is 1. The number of fused-ring (bicyclic) bond motifs is 1. The lowest BCUT2D eigenvalue weighted by Gasteiger charge is -2.34. The van der Waals surface area contributed by atoms with E-state index < -0.39 is 5.60 Å². The smallest absolute Gasteiger partial charge is 0.410 e. The van der Waals surface area contributed by atoms with E-state index in [-0.39, 0.29) is 12.0 Å². The fourth-order valence-electron chi connectivity index (χ4n) is 3.69. The number of nitrogens with zero attached hydrogens (tertiary/aromatic N) is 6. The van der Waals surface area contributed by atoms with Gasteiger partial charge in [0, 0.05) is 49.4 Å². The first kappa shape index (κ1) is 19.2. The molecule has 4 heterocycles. The predicted molar refractivity (Wildman–Crippen MR) is 109 cm³/mol. The van der Waals surface area contributed by atoms with Crippen LogP contribution in [0.1, 0.15) is 45.2 Å². The highest BCUT2D eigenvalue weighted by molar-refractivity contribution is 5.77. The molecule has 9 nitrogen and oxygen atoms in total. The average Bonchev–Trinajstić information content (AvgIpc) is 3.26. The van der Waals surface area contributed by atoms with Gasteiger partial charge < -0.3 is 15.4 Å². The van der Waals surface area contributed by atoms with Crippen molar-refractivity contribution in [1.29, 1.82) is 0 Å². The minimum absolute atomic E-state index is 0.0974. The highest BCUT2D eigenvalue weighted by atomic mass is 16.6. The van der Waals surface area contributed by atoms with Gasteiger partial charge in [0.2, 0.25) is 0 Å². The Morgan fingerprint density at radius 2 is 2.07 bits per heavy atom. The Kier molecular flexibility index (Phi) is 4.68. The van der Waals surface area contributed by atoms with Crippen molar-refractivity contribution in [1.82, 2.24) is 29.3 Å². The molecule has 1 fully saturated rings. The summed E-state index contributed by atoms with van der Waals surface area (Å²) in [5, 5.41) is 8.62. The molecule has 0 unspecified atom stereocenters. The molecule has 3 aromatic heterocycles. The molecular formula is C20H27N7O2. The molecule has 2 N–H and O–H groups in total. The molecule has 154 valence electrons. The number of anilines is 1. The Bertz CT molecular complexity index is 1050. The SMILES string of the molecule is Cn1cc(-c2cnn3c(N)cc([C@@H]4CCCN(C(=O)OC(C)(C)C)C4)nc23)cn1. The zero-order valence-corrected chi connectivity index (χ0v) is 17.3. The third-order valence-electron chi connectivity index (χ3n) is 5.03. The number of hydrogen-bond acceptors (Lipinski definition) is 6. The van der Waals surface area contributed by atoms with Crippen molar-refractivity contribution in [3.05, 3.63) is 30.4 Å². The molecule has 3 aromatic rings. The number of hydrogen-bond donors (Lipinski definition) is 1. The fourth-order valence-corrected chi connectivity index (χ4v) is 3.69. The van der Waals surface area contributed by atoms with E-state index in [1.165, 1.54) is 0 Å². The summed E-state index contributed by atoms with van der Waals surface area (Å²) in [4.78, 5) is 19.1. The van der Waals surface area contributed by atoms with Crippen LogP contribution in [0.2, 0.25) is 0 Å². The number of amides is 1. The maximum atomic E-state index is 12.5. The molecule has 0 saturated carbocycles. The minimum atomic E-state index is -0.512. The van der Waals surface area contributed by atoms with Crippen LogP contribution in [0.4, 0.5) is 10.6 Å². The number of aryl methyl sites for hydroxylation is 1. The van der Waals surface area contributed by atoms with Crippen LogP contribution < -0.4 is 5.73 Å². The first-order valence-corrected chi connectivity index (χ1v) is 9.82. The second-order valence-electron chi connectivity index (χ2n) is 8.57. The van der Waals surface area contributed by atoms with E-state index in [9.17, 15) is 4.79 Å². The topological polar surface area (TPSA) is 104 Å². The molecule has 0 bridgehead atoms. The van der Waals surface area contributed by atoms with E-state index in [1.54, 1.807) is 26.5 Å². The standard InChI is InChI=1S/C20H27N7O2/c1-20(2,3)29-19(28)26-7-5-6-13(12-26)16-8-17(21)27-18(24-16)15(10-23-27)14-9-22-25(4)11-14/h8-11,13H,5-7,12,21H2,1-4H3/t13-/m1/s1. The summed E-state index contributed by atoms with van der Waals surface area (Å²) in [7, 11) is 1.87. The van der Waals surface area contributed by atoms with Gasteiger partial charge >= 0.3 is 6.09 Å². The van der Waals surface area contributed by atoms with Crippen LogP contribution >= 0.6 is 0 Å². The van der Waals surface area contributed by atoms with Crippen molar-refractivity contribution in [3.63, 3.8) is 0 Å². The summed E-state index contributed by atoms with van der Waals surface area (Å²) in [5.74, 6) is 0.620. The average molecular weight is 397 g/mol. The van der Waals surface area contributed by atoms with Crippen molar-refractivity contribution in [3.8, 4) is 11.1 Å². The van der Waals surface area contributed by atoms with Crippen molar-refractivity contribution >= 4 is 17.6 Å². The third kappa shape index (κ3) is 3.90.